The van der Waals surface area contributed by atoms with Crippen molar-refractivity contribution in [2.24, 2.45) is 9.98 Å². The first-order chi connectivity index (χ1) is 30.5. The summed E-state index contributed by atoms with van der Waals surface area (Å²) in [4.78, 5) is 10.5. The fourth-order valence-electron chi connectivity index (χ4n) is 8.85. The van der Waals surface area contributed by atoms with Crippen LogP contribution in [0.15, 0.2) is 119 Å². The minimum atomic E-state index is 0.253. The SMILES string of the molecule is CCCCc1ccc(Cc2ccc(N=C(C)c3ccc(O)cc3)c(CCCCc3cc(Cc4cc(CC)c(N)c(CC)c4)cc(CC)c3N=C(C)c3ccc(O)cc3)c2)cc1CC. The molecule has 0 amide bonds. The van der Waals surface area contributed by atoms with E-state index in [1.807, 2.05) is 31.2 Å². The molecule has 5 heteroatoms. The van der Waals surface area contributed by atoms with Crippen molar-refractivity contribution in [2.45, 2.75) is 132 Å². The van der Waals surface area contributed by atoms with E-state index in [4.69, 9.17) is 15.7 Å². The molecule has 6 aromatic rings. The van der Waals surface area contributed by atoms with Crippen LogP contribution in [0.2, 0.25) is 0 Å². The summed E-state index contributed by atoms with van der Waals surface area (Å²) in [5.74, 6) is 0.506. The van der Waals surface area contributed by atoms with E-state index in [-0.39, 0.29) is 11.5 Å². The summed E-state index contributed by atoms with van der Waals surface area (Å²) in [6.07, 6.45) is 12.9. The van der Waals surface area contributed by atoms with Gasteiger partial charge in [-0.1, -0.05) is 95.6 Å². The zero-order valence-corrected chi connectivity index (χ0v) is 39.0. The maximum atomic E-state index is 9.98. The summed E-state index contributed by atoms with van der Waals surface area (Å²) in [6.45, 7) is 15.2. The number of aliphatic imine (C=N–C) groups is 2. The Kier molecular flexibility index (Phi) is 16.6. The van der Waals surface area contributed by atoms with E-state index in [0.717, 1.165) is 110 Å². The number of aromatic hydroxyl groups is 2. The van der Waals surface area contributed by atoms with Gasteiger partial charge < -0.3 is 15.9 Å². The van der Waals surface area contributed by atoms with Crippen LogP contribution >= 0.6 is 0 Å². The van der Waals surface area contributed by atoms with Crippen LogP contribution in [0.4, 0.5) is 17.1 Å². The maximum Gasteiger partial charge on any atom is 0.115 e. The van der Waals surface area contributed by atoms with Gasteiger partial charge in [-0.3, -0.25) is 9.98 Å². The number of hydrogen-bond donors (Lipinski definition) is 3. The zero-order valence-electron chi connectivity index (χ0n) is 39.0. The second-order valence-electron chi connectivity index (χ2n) is 17.2. The molecular weight excluding hydrogens is 771 g/mol. The Morgan fingerprint density at radius 3 is 1.44 bits per heavy atom. The summed E-state index contributed by atoms with van der Waals surface area (Å²) < 4.78 is 0. The third kappa shape index (κ3) is 12.4. The first kappa shape index (κ1) is 46.6. The summed E-state index contributed by atoms with van der Waals surface area (Å²) in [6, 6.07) is 37.9. The molecule has 328 valence electrons. The molecule has 63 heavy (non-hydrogen) atoms. The van der Waals surface area contributed by atoms with Crippen LogP contribution in [-0.4, -0.2) is 21.6 Å². The lowest BCUT2D eigenvalue weighted by atomic mass is 9.91. The van der Waals surface area contributed by atoms with Gasteiger partial charge in [0.25, 0.3) is 0 Å². The number of anilines is 1. The highest BCUT2D eigenvalue weighted by Crippen LogP contribution is 2.33. The first-order valence-corrected chi connectivity index (χ1v) is 23.5. The van der Waals surface area contributed by atoms with Gasteiger partial charge in [-0.25, -0.2) is 0 Å². The number of nitrogens with two attached hydrogens (primary N) is 1. The zero-order chi connectivity index (χ0) is 44.9. The molecule has 0 saturated heterocycles. The van der Waals surface area contributed by atoms with Crippen molar-refractivity contribution in [1.29, 1.82) is 0 Å². The molecule has 0 atom stereocenters. The number of phenolic OH excluding ortho intramolecular Hbond substituents is 2. The maximum absolute atomic E-state index is 9.98. The molecule has 0 saturated carbocycles. The molecule has 0 bridgehead atoms. The van der Waals surface area contributed by atoms with Gasteiger partial charge in [-0.2, -0.15) is 0 Å². The predicted molar refractivity (Wildman–Crippen MR) is 269 cm³/mol. The molecule has 6 aromatic carbocycles. The monoisotopic (exact) mass is 840 g/mol. The minimum Gasteiger partial charge on any atom is -0.508 e. The normalized spacial score (nSPS) is 12.0. The van der Waals surface area contributed by atoms with Crippen molar-refractivity contribution in [1.82, 2.24) is 0 Å². The van der Waals surface area contributed by atoms with Crippen molar-refractivity contribution in [3.05, 3.63) is 182 Å². The molecule has 0 unspecified atom stereocenters. The topological polar surface area (TPSA) is 91.2 Å². The molecule has 0 radical (unpaired) electrons. The summed E-state index contributed by atoms with van der Waals surface area (Å²) >= 11 is 0. The first-order valence-electron chi connectivity index (χ1n) is 23.5. The smallest absolute Gasteiger partial charge is 0.115 e. The number of unbranched alkanes of at least 4 members (excludes halogenated alkanes) is 2. The number of benzene rings is 6. The average molecular weight is 840 g/mol. The molecule has 0 spiro atoms. The largest absolute Gasteiger partial charge is 0.508 e. The van der Waals surface area contributed by atoms with Crippen molar-refractivity contribution < 1.29 is 10.2 Å². The standard InChI is InChI=1S/C58H69N3O2/c1-8-13-16-51-21-19-41(33-45(51)9-2)31-42-20-30-56(60-39(6)49-22-26-54(62)27-23-49)52(34-42)17-14-15-18-53-38-44(32-43-35-46(10-3)57(59)47(11-4)36-43)37-48(12-5)58(53)61-40(7)50-24-28-55(63)29-25-50/h19-30,33-38,62-63H,8-18,31-32,59H2,1-7H3. The quantitative estimate of drug-likeness (QED) is 0.0406. The molecule has 5 nitrogen and oxygen atoms in total. The van der Waals surface area contributed by atoms with Gasteiger partial charge in [0.05, 0.1) is 11.4 Å². The molecule has 0 aliphatic rings. The number of phenols is 2. The molecule has 6 rings (SSSR count). The number of rotatable bonds is 20. The van der Waals surface area contributed by atoms with E-state index in [0.29, 0.717) is 0 Å². The van der Waals surface area contributed by atoms with Crippen LogP contribution in [0.3, 0.4) is 0 Å². The lowest BCUT2D eigenvalue weighted by Gasteiger charge is -2.17. The Morgan fingerprint density at radius 2 is 0.889 bits per heavy atom. The Morgan fingerprint density at radius 1 is 0.444 bits per heavy atom. The summed E-state index contributed by atoms with van der Waals surface area (Å²) in [5, 5.41) is 19.9. The van der Waals surface area contributed by atoms with Gasteiger partial charge in [0, 0.05) is 17.1 Å². The average Bonchev–Trinajstić information content (AvgIpc) is 3.29. The van der Waals surface area contributed by atoms with Crippen LogP contribution < -0.4 is 5.73 Å². The second-order valence-corrected chi connectivity index (χ2v) is 17.2. The number of nitrogens with zero attached hydrogens (tertiary/aromatic N) is 2. The van der Waals surface area contributed by atoms with Gasteiger partial charge >= 0.3 is 0 Å². The van der Waals surface area contributed by atoms with Crippen molar-refractivity contribution in [3.8, 4) is 11.5 Å². The van der Waals surface area contributed by atoms with Crippen molar-refractivity contribution >= 4 is 28.5 Å². The number of aryl methyl sites for hydroxylation is 7. The lowest BCUT2D eigenvalue weighted by molar-refractivity contribution is 0.474. The second kappa shape index (κ2) is 22.4. The predicted octanol–water partition coefficient (Wildman–Crippen LogP) is 14.3. The third-order valence-corrected chi connectivity index (χ3v) is 12.6. The van der Waals surface area contributed by atoms with Gasteiger partial charge in [0.15, 0.2) is 0 Å². The Bertz CT molecular complexity index is 2500. The molecule has 0 aromatic heterocycles. The van der Waals surface area contributed by atoms with Crippen LogP contribution in [0.5, 0.6) is 11.5 Å². The van der Waals surface area contributed by atoms with Gasteiger partial charge in [0.2, 0.25) is 0 Å². The van der Waals surface area contributed by atoms with E-state index >= 15 is 0 Å². The summed E-state index contributed by atoms with van der Waals surface area (Å²) in [5.41, 5.74) is 27.9. The third-order valence-electron chi connectivity index (χ3n) is 12.6. The Labute approximate surface area is 377 Å². The fourth-order valence-corrected chi connectivity index (χ4v) is 8.85. The molecule has 0 aliphatic heterocycles. The highest BCUT2D eigenvalue weighted by molar-refractivity contribution is 6.01. The molecular formula is C58H69N3O2. The van der Waals surface area contributed by atoms with E-state index in [9.17, 15) is 10.2 Å². The summed E-state index contributed by atoms with van der Waals surface area (Å²) in [7, 11) is 0. The molecule has 0 heterocycles. The fraction of sp³-hybridized carbons (Fsp3) is 0.345. The van der Waals surface area contributed by atoms with Crippen LogP contribution in [0.25, 0.3) is 0 Å². The van der Waals surface area contributed by atoms with Gasteiger partial charge in [-0.15, -0.1) is 0 Å². The van der Waals surface area contributed by atoms with Gasteiger partial charge in [-0.05, 0) is 218 Å². The molecule has 0 fully saturated rings. The van der Waals surface area contributed by atoms with Crippen LogP contribution in [0, 0.1) is 0 Å². The van der Waals surface area contributed by atoms with E-state index < -0.39 is 0 Å². The number of hydrogen-bond acceptors (Lipinski definition) is 5. The van der Waals surface area contributed by atoms with Crippen molar-refractivity contribution in [2.75, 3.05) is 5.73 Å². The highest BCUT2D eigenvalue weighted by Gasteiger charge is 2.15. The van der Waals surface area contributed by atoms with E-state index in [1.54, 1.807) is 24.3 Å². The minimum absolute atomic E-state index is 0.253. The van der Waals surface area contributed by atoms with Crippen molar-refractivity contribution in [3.63, 3.8) is 0 Å². The highest BCUT2D eigenvalue weighted by atomic mass is 16.3. The number of nitrogen functional groups attached to an aromatic ring is 1. The lowest BCUT2D eigenvalue weighted by Crippen LogP contribution is -2.03. The molecule has 4 N–H and O–H groups in total. The van der Waals surface area contributed by atoms with Gasteiger partial charge in [0.1, 0.15) is 11.5 Å². The molecule has 0 aliphatic carbocycles. The van der Waals surface area contributed by atoms with Crippen LogP contribution in [-0.2, 0) is 57.8 Å². The Hall–Kier alpha value is -5.94. The van der Waals surface area contributed by atoms with Crippen LogP contribution in [0.1, 0.15) is 146 Å². The Balaban J connectivity index is 1.31. The van der Waals surface area contributed by atoms with E-state index in [1.165, 1.54) is 74.0 Å². The van der Waals surface area contributed by atoms with E-state index in [2.05, 4.69) is 102 Å².